The van der Waals surface area contributed by atoms with Crippen molar-refractivity contribution >= 4 is 39.3 Å². The van der Waals surface area contributed by atoms with E-state index in [1.54, 1.807) is 18.2 Å². The Morgan fingerprint density at radius 3 is 2.75 bits per heavy atom. The molecule has 0 bridgehead atoms. The van der Waals surface area contributed by atoms with Crippen LogP contribution < -0.4 is 10.6 Å². The van der Waals surface area contributed by atoms with E-state index < -0.39 is 12.0 Å². The lowest BCUT2D eigenvalue weighted by atomic mass is 10.3. The number of aliphatic carboxylic acids is 1. The van der Waals surface area contributed by atoms with Gasteiger partial charge in [-0.05, 0) is 18.2 Å². The first-order chi connectivity index (χ1) is 9.52. The second-order valence-electron chi connectivity index (χ2n) is 3.91. The van der Waals surface area contributed by atoms with Crippen LogP contribution in [0.1, 0.15) is 0 Å². The number of anilines is 2. The van der Waals surface area contributed by atoms with Crippen LogP contribution in [0.25, 0.3) is 0 Å². The van der Waals surface area contributed by atoms with Crippen LogP contribution in [0.15, 0.2) is 41.1 Å². The van der Waals surface area contributed by atoms with Gasteiger partial charge >= 0.3 is 12.0 Å². The van der Waals surface area contributed by atoms with E-state index in [0.29, 0.717) is 11.4 Å². The molecule has 0 aliphatic rings. The van der Waals surface area contributed by atoms with Crippen LogP contribution in [0.2, 0.25) is 0 Å². The SMILES string of the molecule is O=C(O)Cn1cc(NC(=O)Nc2cccc(Br)c2)cn1. The van der Waals surface area contributed by atoms with Gasteiger partial charge in [0.25, 0.3) is 0 Å². The van der Waals surface area contributed by atoms with Crippen molar-refractivity contribution in [1.82, 2.24) is 9.78 Å². The number of nitrogens with one attached hydrogen (secondary N) is 2. The molecule has 2 amide bonds. The van der Waals surface area contributed by atoms with Crippen molar-refractivity contribution in [1.29, 1.82) is 0 Å². The molecule has 1 heterocycles. The normalized spacial score (nSPS) is 10.1. The van der Waals surface area contributed by atoms with Crippen LogP contribution in [-0.2, 0) is 11.3 Å². The zero-order valence-electron chi connectivity index (χ0n) is 10.2. The maximum Gasteiger partial charge on any atom is 0.325 e. The second kappa shape index (κ2) is 6.20. The third kappa shape index (κ3) is 4.09. The van der Waals surface area contributed by atoms with E-state index in [1.807, 2.05) is 6.07 Å². The number of halogens is 1. The molecule has 1 aromatic carbocycles. The lowest BCUT2D eigenvalue weighted by Gasteiger charge is -2.05. The van der Waals surface area contributed by atoms with Gasteiger partial charge in [-0.1, -0.05) is 22.0 Å². The average Bonchev–Trinajstić information content (AvgIpc) is 2.75. The summed E-state index contributed by atoms with van der Waals surface area (Å²) in [6.07, 6.45) is 2.82. The monoisotopic (exact) mass is 338 g/mol. The van der Waals surface area contributed by atoms with Gasteiger partial charge in [0.1, 0.15) is 6.54 Å². The van der Waals surface area contributed by atoms with Gasteiger partial charge in [0, 0.05) is 16.4 Å². The number of nitrogens with zero attached hydrogens (tertiary/aromatic N) is 2. The number of carbonyl (C=O) groups excluding carboxylic acids is 1. The molecule has 104 valence electrons. The van der Waals surface area contributed by atoms with E-state index in [-0.39, 0.29) is 6.54 Å². The van der Waals surface area contributed by atoms with Crippen LogP contribution in [0.3, 0.4) is 0 Å². The fraction of sp³-hybridized carbons (Fsp3) is 0.0833. The number of carbonyl (C=O) groups is 2. The Balaban J connectivity index is 1.94. The second-order valence-corrected chi connectivity index (χ2v) is 4.83. The van der Waals surface area contributed by atoms with Crippen molar-refractivity contribution in [2.75, 3.05) is 10.6 Å². The third-order valence-corrected chi connectivity index (χ3v) is 2.76. The number of amides is 2. The summed E-state index contributed by atoms with van der Waals surface area (Å²) < 4.78 is 2.07. The van der Waals surface area contributed by atoms with Gasteiger partial charge in [0.2, 0.25) is 0 Å². The molecule has 3 N–H and O–H groups in total. The number of hydrogen-bond acceptors (Lipinski definition) is 3. The molecule has 0 atom stereocenters. The number of carboxylic acid groups (broad SMARTS) is 1. The van der Waals surface area contributed by atoms with Gasteiger partial charge in [-0.2, -0.15) is 5.10 Å². The number of carboxylic acids is 1. The minimum Gasteiger partial charge on any atom is -0.480 e. The van der Waals surface area contributed by atoms with Crippen LogP contribution >= 0.6 is 15.9 Å². The molecular formula is C12H11BrN4O3. The fourth-order valence-corrected chi connectivity index (χ4v) is 1.91. The van der Waals surface area contributed by atoms with Crippen molar-refractivity contribution in [3.63, 3.8) is 0 Å². The summed E-state index contributed by atoms with van der Waals surface area (Å²) >= 11 is 3.30. The van der Waals surface area contributed by atoms with Crippen molar-refractivity contribution in [3.05, 3.63) is 41.1 Å². The van der Waals surface area contributed by atoms with E-state index in [9.17, 15) is 9.59 Å². The molecule has 0 fully saturated rings. The maximum atomic E-state index is 11.7. The molecular weight excluding hydrogens is 328 g/mol. The standard InChI is InChI=1S/C12H11BrN4O3/c13-8-2-1-3-9(4-8)15-12(20)16-10-5-14-17(6-10)7-11(18)19/h1-6H,7H2,(H,18,19)(H2,15,16,20). The highest BCUT2D eigenvalue weighted by Crippen LogP contribution is 2.16. The first kappa shape index (κ1) is 14.1. The van der Waals surface area contributed by atoms with Gasteiger partial charge in [-0.15, -0.1) is 0 Å². The predicted octanol–water partition coefficient (Wildman–Crippen LogP) is 2.37. The smallest absolute Gasteiger partial charge is 0.325 e. The number of benzene rings is 1. The van der Waals surface area contributed by atoms with Gasteiger partial charge in [-0.3, -0.25) is 9.48 Å². The largest absolute Gasteiger partial charge is 0.480 e. The number of rotatable bonds is 4. The molecule has 2 aromatic rings. The summed E-state index contributed by atoms with van der Waals surface area (Å²) in [6, 6.07) is 6.72. The fourth-order valence-electron chi connectivity index (χ4n) is 1.51. The Bertz CT molecular complexity index is 641. The van der Waals surface area contributed by atoms with Gasteiger partial charge in [-0.25, -0.2) is 4.79 Å². The summed E-state index contributed by atoms with van der Waals surface area (Å²) in [7, 11) is 0. The highest BCUT2D eigenvalue weighted by atomic mass is 79.9. The Hall–Kier alpha value is -2.35. The van der Waals surface area contributed by atoms with Crippen LogP contribution in [0, 0.1) is 0 Å². The molecule has 0 aliphatic carbocycles. The van der Waals surface area contributed by atoms with Crippen molar-refractivity contribution in [2.24, 2.45) is 0 Å². The molecule has 0 radical (unpaired) electrons. The van der Waals surface area contributed by atoms with E-state index in [4.69, 9.17) is 5.11 Å². The van der Waals surface area contributed by atoms with Gasteiger partial charge in [0.05, 0.1) is 11.9 Å². The third-order valence-electron chi connectivity index (χ3n) is 2.27. The van der Waals surface area contributed by atoms with Crippen LogP contribution in [0.5, 0.6) is 0 Å². The lowest BCUT2D eigenvalue weighted by molar-refractivity contribution is -0.137. The molecule has 0 saturated carbocycles. The van der Waals surface area contributed by atoms with Gasteiger partial charge < -0.3 is 15.7 Å². The molecule has 7 nitrogen and oxygen atoms in total. The minimum absolute atomic E-state index is 0.255. The number of hydrogen-bond donors (Lipinski definition) is 3. The first-order valence-corrected chi connectivity index (χ1v) is 6.40. The van der Waals surface area contributed by atoms with E-state index >= 15 is 0 Å². The van der Waals surface area contributed by atoms with E-state index in [2.05, 4.69) is 31.7 Å². The summed E-state index contributed by atoms with van der Waals surface area (Å²) in [6.45, 7) is -0.255. The Morgan fingerprint density at radius 1 is 1.30 bits per heavy atom. The predicted molar refractivity (Wildman–Crippen MR) is 76.6 cm³/mol. The topological polar surface area (TPSA) is 96.2 Å². The highest BCUT2D eigenvalue weighted by molar-refractivity contribution is 9.10. The zero-order valence-corrected chi connectivity index (χ0v) is 11.8. The Kier molecular flexibility index (Phi) is 4.36. The van der Waals surface area contributed by atoms with Crippen LogP contribution in [0.4, 0.5) is 16.2 Å². The highest BCUT2D eigenvalue weighted by Gasteiger charge is 2.06. The molecule has 0 unspecified atom stereocenters. The molecule has 0 saturated heterocycles. The summed E-state index contributed by atoms with van der Waals surface area (Å²) in [5.74, 6) is -1.00. The Labute approximate surface area is 122 Å². The number of aromatic nitrogens is 2. The maximum absolute atomic E-state index is 11.7. The van der Waals surface area contributed by atoms with E-state index in [1.165, 1.54) is 17.1 Å². The van der Waals surface area contributed by atoms with Crippen molar-refractivity contribution in [3.8, 4) is 0 Å². The molecule has 0 aliphatic heterocycles. The van der Waals surface area contributed by atoms with Crippen molar-refractivity contribution < 1.29 is 14.7 Å². The summed E-state index contributed by atoms with van der Waals surface area (Å²) in [4.78, 5) is 22.2. The Morgan fingerprint density at radius 2 is 2.05 bits per heavy atom. The molecule has 0 spiro atoms. The lowest BCUT2D eigenvalue weighted by Crippen LogP contribution is -2.19. The zero-order chi connectivity index (χ0) is 14.5. The molecule has 8 heteroatoms. The van der Waals surface area contributed by atoms with Crippen LogP contribution in [-0.4, -0.2) is 26.9 Å². The number of urea groups is 1. The first-order valence-electron chi connectivity index (χ1n) is 5.61. The van der Waals surface area contributed by atoms with Gasteiger partial charge in [0.15, 0.2) is 0 Å². The molecule has 2 rings (SSSR count). The summed E-state index contributed by atoms with van der Waals surface area (Å²) in [5, 5.41) is 17.6. The minimum atomic E-state index is -1.00. The van der Waals surface area contributed by atoms with E-state index in [0.717, 1.165) is 4.47 Å². The molecule has 20 heavy (non-hydrogen) atoms. The van der Waals surface area contributed by atoms with Crippen molar-refractivity contribution in [2.45, 2.75) is 6.54 Å². The summed E-state index contributed by atoms with van der Waals surface area (Å²) in [5.41, 5.74) is 1.05. The average molecular weight is 339 g/mol. The molecule has 1 aromatic heterocycles. The quantitative estimate of drug-likeness (QED) is 0.797.